The van der Waals surface area contributed by atoms with Crippen LogP contribution < -0.4 is 4.72 Å². The maximum absolute atomic E-state index is 13.5. The summed E-state index contributed by atoms with van der Waals surface area (Å²) in [6, 6.07) is 2.71. The van der Waals surface area contributed by atoms with E-state index in [4.69, 9.17) is 0 Å². The summed E-state index contributed by atoms with van der Waals surface area (Å²) >= 11 is 0. The van der Waals surface area contributed by atoms with Gasteiger partial charge in [-0.05, 0) is 38.6 Å². The van der Waals surface area contributed by atoms with E-state index < -0.39 is 31.3 Å². The number of nitrogens with zero attached hydrogens (tertiary/aromatic N) is 2. The summed E-state index contributed by atoms with van der Waals surface area (Å²) in [6.07, 6.45) is 1.47. The van der Waals surface area contributed by atoms with Crippen molar-refractivity contribution in [1.82, 2.24) is 9.62 Å². The number of nitro groups is 1. The van der Waals surface area contributed by atoms with Crippen LogP contribution >= 0.6 is 0 Å². The van der Waals surface area contributed by atoms with Crippen LogP contribution in [0.4, 0.5) is 10.1 Å². The molecule has 9 heteroatoms. The van der Waals surface area contributed by atoms with Crippen molar-refractivity contribution in [1.29, 1.82) is 0 Å². The van der Waals surface area contributed by atoms with Crippen molar-refractivity contribution >= 4 is 15.7 Å². The summed E-state index contributed by atoms with van der Waals surface area (Å²) in [5.41, 5.74) is -1.02. The number of piperidine rings is 1. The highest BCUT2D eigenvalue weighted by Crippen LogP contribution is 2.27. The van der Waals surface area contributed by atoms with E-state index in [1.165, 1.54) is 0 Å². The first-order valence-electron chi connectivity index (χ1n) is 6.45. The van der Waals surface area contributed by atoms with Crippen molar-refractivity contribution in [2.24, 2.45) is 0 Å². The van der Waals surface area contributed by atoms with E-state index in [0.717, 1.165) is 31.2 Å². The number of para-hydroxylation sites is 1. The van der Waals surface area contributed by atoms with Gasteiger partial charge in [0.05, 0.1) is 4.92 Å². The summed E-state index contributed by atoms with van der Waals surface area (Å²) in [5, 5.41) is 10.9. The van der Waals surface area contributed by atoms with Crippen molar-refractivity contribution in [3.63, 3.8) is 0 Å². The van der Waals surface area contributed by atoms with Crippen LogP contribution in [0.5, 0.6) is 0 Å². The zero-order chi connectivity index (χ0) is 15.6. The van der Waals surface area contributed by atoms with Crippen molar-refractivity contribution in [2.75, 3.05) is 20.1 Å². The molecular weight excluding hydrogens is 301 g/mol. The Bertz CT molecular complexity index is 650. The van der Waals surface area contributed by atoms with Gasteiger partial charge in [0.1, 0.15) is 0 Å². The molecule has 1 saturated heterocycles. The van der Waals surface area contributed by atoms with E-state index in [1.54, 1.807) is 0 Å². The van der Waals surface area contributed by atoms with Crippen LogP contribution in [0.15, 0.2) is 23.1 Å². The lowest BCUT2D eigenvalue weighted by Crippen LogP contribution is -2.46. The highest BCUT2D eigenvalue weighted by Gasteiger charge is 2.31. The molecule has 1 heterocycles. The molecule has 0 aromatic heterocycles. The van der Waals surface area contributed by atoms with Gasteiger partial charge < -0.3 is 4.90 Å². The molecular formula is C12H16FN3O4S. The van der Waals surface area contributed by atoms with Crippen molar-refractivity contribution in [2.45, 2.75) is 23.8 Å². The number of nitro benzene ring substituents is 1. The number of rotatable bonds is 4. The number of benzene rings is 1. The quantitative estimate of drug-likeness (QED) is 0.663. The standard InChI is InChI=1S/C12H16FN3O4S/c1-15-7-3-4-9(8-15)14-21(19,20)11-6-2-5-10(13)12(11)16(17)18/h2,5-6,9,14H,3-4,7-8H2,1H3. The Morgan fingerprint density at radius 1 is 1.48 bits per heavy atom. The van der Waals surface area contributed by atoms with Crippen LogP contribution in [-0.4, -0.2) is 44.4 Å². The van der Waals surface area contributed by atoms with Gasteiger partial charge in [-0.15, -0.1) is 0 Å². The number of likely N-dealkylation sites (N-methyl/N-ethyl adjacent to an activating group) is 1. The lowest BCUT2D eigenvalue weighted by atomic mass is 10.1. The molecule has 1 fully saturated rings. The van der Waals surface area contributed by atoms with Gasteiger partial charge in [0, 0.05) is 12.6 Å². The second-order valence-electron chi connectivity index (χ2n) is 5.07. The third kappa shape index (κ3) is 3.55. The fourth-order valence-electron chi connectivity index (χ4n) is 2.44. The normalized spacial score (nSPS) is 20.4. The highest BCUT2D eigenvalue weighted by molar-refractivity contribution is 7.89. The van der Waals surface area contributed by atoms with E-state index in [9.17, 15) is 22.9 Å². The largest absolute Gasteiger partial charge is 0.324 e. The SMILES string of the molecule is CN1CCCC(NS(=O)(=O)c2cccc(F)c2[N+](=O)[O-])C1. The fourth-order valence-corrected chi connectivity index (χ4v) is 3.88. The van der Waals surface area contributed by atoms with Crippen LogP contribution in [0.3, 0.4) is 0 Å². The van der Waals surface area contributed by atoms with Crippen LogP contribution in [0.1, 0.15) is 12.8 Å². The van der Waals surface area contributed by atoms with Crippen molar-refractivity contribution in [3.8, 4) is 0 Å². The lowest BCUT2D eigenvalue weighted by Gasteiger charge is -2.29. The Morgan fingerprint density at radius 3 is 2.81 bits per heavy atom. The Morgan fingerprint density at radius 2 is 2.19 bits per heavy atom. The van der Waals surface area contributed by atoms with E-state index in [0.29, 0.717) is 13.0 Å². The minimum Gasteiger partial charge on any atom is -0.305 e. The first-order chi connectivity index (χ1) is 9.81. The molecule has 0 radical (unpaired) electrons. The minimum absolute atomic E-state index is 0.336. The summed E-state index contributed by atoms with van der Waals surface area (Å²) < 4.78 is 40.5. The topological polar surface area (TPSA) is 92.6 Å². The maximum Gasteiger partial charge on any atom is 0.324 e. The smallest absolute Gasteiger partial charge is 0.305 e. The molecule has 1 aliphatic heterocycles. The van der Waals surface area contributed by atoms with Gasteiger partial charge in [-0.3, -0.25) is 10.1 Å². The summed E-state index contributed by atoms with van der Waals surface area (Å²) in [7, 11) is -2.27. The van der Waals surface area contributed by atoms with Crippen LogP contribution in [0.25, 0.3) is 0 Å². The summed E-state index contributed by atoms with van der Waals surface area (Å²) in [5.74, 6) is -1.16. The maximum atomic E-state index is 13.5. The zero-order valence-corrected chi connectivity index (χ0v) is 12.3. The molecule has 7 nitrogen and oxygen atoms in total. The van der Waals surface area contributed by atoms with E-state index in [2.05, 4.69) is 4.72 Å². The van der Waals surface area contributed by atoms with Crippen molar-refractivity contribution < 1.29 is 17.7 Å². The molecule has 0 saturated carbocycles. The van der Waals surface area contributed by atoms with Gasteiger partial charge in [-0.25, -0.2) is 13.1 Å². The van der Waals surface area contributed by atoms with E-state index >= 15 is 0 Å². The average Bonchev–Trinajstić information content (AvgIpc) is 2.37. The minimum atomic E-state index is -4.14. The summed E-state index contributed by atoms with van der Waals surface area (Å²) in [6.45, 7) is 1.39. The molecule has 1 atom stereocenters. The van der Waals surface area contributed by atoms with Crippen LogP contribution in [0.2, 0.25) is 0 Å². The molecule has 21 heavy (non-hydrogen) atoms. The molecule has 1 N–H and O–H groups in total. The van der Waals surface area contributed by atoms with Crippen LogP contribution in [0, 0.1) is 15.9 Å². The van der Waals surface area contributed by atoms with E-state index in [-0.39, 0.29) is 6.04 Å². The number of halogens is 1. The highest BCUT2D eigenvalue weighted by atomic mass is 32.2. The number of likely N-dealkylation sites (tertiary alicyclic amines) is 1. The second kappa shape index (κ2) is 6.04. The molecule has 0 aliphatic carbocycles. The molecule has 0 bridgehead atoms. The summed E-state index contributed by atoms with van der Waals surface area (Å²) in [4.78, 5) is 11.2. The Labute approximate surface area is 122 Å². The Hall–Kier alpha value is -1.58. The third-order valence-electron chi connectivity index (χ3n) is 3.37. The van der Waals surface area contributed by atoms with Gasteiger partial charge in [-0.1, -0.05) is 6.07 Å². The first kappa shape index (κ1) is 15.8. The first-order valence-corrected chi connectivity index (χ1v) is 7.93. The molecule has 2 rings (SSSR count). The fraction of sp³-hybridized carbons (Fsp3) is 0.500. The molecule has 0 spiro atoms. The predicted octanol–water partition coefficient (Wildman–Crippen LogP) is 1.11. The van der Waals surface area contributed by atoms with E-state index in [1.807, 2.05) is 11.9 Å². The molecule has 1 aromatic carbocycles. The van der Waals surface area contributed by atoms with Crippen LogP contribution in [-0.2, 0) is 10.0 Å². The Kier molecular flexibility index (Phi) is 4.55. The molecule has 116 valence electrons. The molecule has 0 amide bonds. The van der Waals surface area contributed by atoms with Gasteiger partial charge >= 0.3 is 5.69 Å². The lowest BCUT2D eigenvalue weighted by molar-refractivity contribution is -0.390. The van der Waals surface area contributed by atoms with Gasteiger partial charge in [-0.2, -0.15) is 4.39 Å². The van der Waals surface area contributed by atoms with Gasteiger partial charge in [0.2, 0.25) is 15.8 Å². The number of sulfonamides is 1. The Balaban J connectivity index is 2.32. The monoisotopic (exact) mass is 317 g/mol. The average molecular weight is 317 g/mol. The number of hydrogen-bond acceptors (Lipinski definition) is 5. The second-order valence-corrected chi connectivity index (χ2v) is 6.75. The molecule has 1 aliphatic rings. The predicted molar refractivity (Wildman–Crippen MR) is 73.9 cm³/mol. The zero-order valence-electron chi connectivity index (χ0n) is 11.5. The molecule has 1 aromatic rings. The third-order valence-corrected chi connectivity index (χ3v) is 4.92. The number of hydrogen-bond donors (Lipinski definition) is 1. The molecule has 1 unspecified atom stereocenters. The van der Waals surface area contributed by atoms with Crippen molar-refractivity contribution in [3.05, 3.63) is 34.1 Å². The number of nitrogens with one attached hydrogen (secondary N) is 1. The van der Waals surface area contributed by atoms with Gasteiger partial charge in [0.15, 0.2) is 4.90 Å². The van der Waals surface area contributed by atoms with Gasteiger partial charge in [0.25, 0.3) is 0 Å².